The first-order valence-electron chi connectivity index (χ1n) is 14.7. The Bertz CT molecular complexity index is 2720. The molecule has 0 saturated heterocycles. The van der Waals surface area contributed by atoms with E-state index in [-0.39, 0.29) is 0 Å². The summed E-state index contributed by atoms with van der Waals surface area (Å²) in [7, 11) is 0. The largest absolute Gasteiger partial charge is 0.309 e. The minimum atomic E-state index is 1.17. The molecule has 3 aromatic heterocycles. The zero-order valence-corrected chi connectivity index (χ0v) is 24.0. The number of benzene rings is 7. The van der Waals surface area contributed by atoms with E-state index in [0.29, 0.717) is 0 Å². The van der Waals surface area contributed by atoms with Gasteiger partial charge >= 0.3 is 0 Å². The van der Waals surface area contributed by atoms with Gasteiger partial charge in [0.05, 0.1) is 26.8 Å². The van der Waals surface area contributed by atoms with Crippen LogP contribution in [0.5, 0.6) is 0 Å². The molecule has 0 spiro atoms. The van der Waals surface area contributed by atoms with E-state index in [1.54, 1.807) is 0 Å². The Balaban J connectivity index is 1.43. The lowest BCUT2D eigenvalue weighted by Crippen LogP contribution is -1.96. The molecule has 200 valence electrons. The number of hydrogen-bond donors (Lipinski definition) is 0. The van der Waals surface area contributed by atoms with Crippen LogP contribution >= 0.6 is 11.3 Å². The van der Waals surface area contributed by atoms with Crippen molar-refractivity contribution in [2.45, 2.75) is 0 Å². The fraction of sp³-hybridized carbons (Fsp3) is 0. The summed E-state index contributed by atoms with van der Waals surface area (Å²) in [5.74, 6) is 0. The van der Waals surface area contributed by atoms with Gasteiger partial charge in [0.15, 0.2) is 0 Å². The van der Waals surface area contributed by atoms with Gasteiger partial charge in [-0.05, 0) is 59.3 Å². The molecule has 0 aliphatic rings. The molecule has 2 nitrogen and oxygen atoms in total. The van der Waals surface area contributed by atoms with Crippen LogP contribution in [0.4, 0.5) is 0 Å². The van der Waals surface area contributed by atoms with Gasteiger partial charge in [0.25, 0.3) is 0 Å². The molecule has 0 aliphatic heterocycles. The molecule has 3 heterocycles. The lowest BCUT2D eigenvalue weighted by molar-refractivity contribution is 1.17. The van der Waals surface area contributed by atoms with Gasteiger partial charge in [-0.2, -0.15) is 0 Å². The van der Waals surface area contributed by atoms with E-state index in [2.05, 4.69) is 155 Å². The second kappa shape index (κ2) is 8.57. The third-order valence-corrected chi connectivity index (χ3v) is 10.3. The predicted molar refractivity (Wildman–Crippen MR) is 186 cm³/mol. The first kappa shape index (κ1) is 23.2. The number of fused-ring (bicyclic) bond motifs is 11. The molecular formula is C40H24N2S. The highest BCUT2D eigenvalue weighted by atomic mass is 32.1. The summed E-state index contributed by atoms with van der Waals surface area (Å²) in [4.78, 5) is 0. The maximum atomic E-state index is 2.52. The van der Waals surface area contributed by atoms with E-state index < -0.39 is 0 Å². The molecule has 0 radical (unpaired) electrons. The third kappa shape index (κ3) is 3.17. The van der Waals surface area contributed by atoms with Crippen LogP contribution in [0.2, 0.25) is 0 Å². The highest BCUT2D eigenvalue weighted by Crippen LogP contribution is 2.45. The zero-order valence-electron chi connectivity index (χ0n) is 23.2. The molecule has 0 saturated carbocycles. The van der Waals surface area contributed by atoms with E-state index in [9.17, 15) is 0 Å². The molecule has 0 amide bonds. The zero-order chi connectivity index (χ0) is 28.1. The molecule has 10 rings (SSSR count). The minimum absolute atomic E-state index is 1.17. The Morgan fingerprint density at radius 1 is 0.372 bits per heavy atom. The minimum Gasteiger partial charge on any atom is -0.309 e. The van der Waals surface area contributed by atoms with Crippen molar-refractivity contribution in [2.24, 2.45) is 0 Å². The smallest absolute Gasteiger partial charge is 0.0719 e. The van der Waals surface area contributed by atoms with Gasteiger partial charge < -0.3 is 9.13 Å². The number of hydrogen-bond acceptors (Lipinski definition) is 1. The van der Waals surface area contributed by atoms with Crippen molar-refractivity contribution >= 4 is 85.9 Å². The van der Waals surface area contributed by atoms with Crippen LogP contribution in [-0.4, -0.2) is 9.13 Å². The third-order valence-electron chi connectivity index (χ3n) is 9.07. The summed E-state index contributed by atoms with van der Waals surface area (Å²) in [5.41, 5.74) is 7.32. The highest BCUT2D eigenvalue weighted by molar-refractivity contribution is 7.26. The van der Waals surface area contributed by atoms with Crippen LogP contribution in [0.15, 0.2) is 146 Å². The van der Waals surface area contributed by atoms with Crippen molar-refractivity contribution in [2.75, 3.05) is 0 Å². The van der Waals surface area contributed by atoms with Gasteiger partial charge in [0.2, 0.25) is 0 Å². The van der Waals surface area contributed by atoms with Gasteiger partial charge in [-0.3, -0.25) is 0 Å². The van der Waals surface area contributed by atoms with Crippen molar-refractivity contribution in [3.8, 4) is 11.4 Å². The van der Waals surface area contributed by atoms with Crippen LogP contribution in [-0.2, 0) is 0 Å². The molecule has 43 heavy (non-hydrogen) atoms. The van der Waals surface area contributed by atoms with E-state index in [1.807, 2.05) is 11.3 Å². The molecular weight excluding hydrogens is 541 g/mol. The van der Waals surface area contributed by atoms with Crippen molar-refractivity contribution in [1.29, 1.82) is 0 Å². The second-order valence-corrected chi connectivity index (χ2v) is 12.4. The Kier molecular flexibility index (Phi) is 4.63. The molecule has 0 bridgehead atoms. The van der Waals surface area contributed by atoms with E-state index in [1.165, 1.54) is 85.9 Å². The Morgan fingerprint density at radius 2 is 1.07 bits per heavy atom. The standard InChI is InChI=1S/C40H24N2S/c1-2-12-27(13-3-1)41-35-16-8-6-14-29(35)33-23-34-31-20-21-32-30-15-7-9-17-38(30)43-40(32)39(31)42(37(34)24-36(33)41)28-19-18-25-10-4-5-11-26(25)22-28/h1-24H. The summed E-state index contributed by atoms with van der Waals surface area (Å²) in [6.45, 7) is 0. The van der Waals surface area contributed by atoms with Crippen LogP contribution < -0.4 is 0 Å². The van der Waals surface area contributed by atoms with Crippen LogP contribution in [0.1, 0.15) is 0 Å². The Hall–Kier alpha value is -5.38. The van der Waals surface area contributed by atoms with Crippen LogP contribution in [0, 0.1) is 0 Å². The quantitative estimate of drug-likeness (QED) is 0.198. The molecule has 0 fully saturated rings. The molecule has 0 N–H and O–H groups in total. The first-order valence-corrected chi connectivity index (χ1v) is 15.5. The van der Waals surface area contributed by atoms with Gasteiger partial charge in [0.1, 0.15) is 0 Å². The molecule has 0 unspecified atom stereocenters. The maximum absolute atomic E-state index is 2.52. The normalized spacial score (nSPS) is 12.2. The van der Waals surface area contributed by atoms with Gasteiger partial charge in [-0.25, -0.2) is 0 Å². The molecule has 10 aromatic rings. The van der Waals surface area contributed by atoms with E-state index in [0.717, 1.165) is 0 Å². The predicted octanol–water partition coefficient (Wildman–Crippen LogP) is 11.4. The van der Waals surface area contributed by atoms with Crippen LogP contribution in [0.3, 0.4) is 0 Å². The van der Waals surface area contributed by atoms with Crippen molar-refractivity contribution in [1.82, 2.24) is 9.13 Å². The van der Waals surface area contributed by atoms with Crippen molar-refractivity contribution in [3.05, 3.63) is 146 Å². The van der Waals surface area contributed by atoms with Gasteiger partial charge in [0, 0.05) is 48.4 Å². The lowest BCUT2D eigenvalue weighted by atomic mass is 10.1. The molecule has 3 heteroatoms. The van der Waals surface area contributed by atoms with Crippen molar-refractivity contribution < 1.29 is 0 Å². The second-order valence-electron chi connectivity index (χ2n) is 11.4. The average molecular weight is 565 g/mol. The number of thiophene rings is 1. The average Bonchev–Trinajstić information content (AvgIpc) is 3.71. The van der Waals surface area contributed by atoms with Crippen molar-refractivity contribution in [3.63, 3.8) is 0 Å². The number of nitrogens with zero attached hydrogens (tertiary/aromatic N) is 2. The number of aromatic nitrogens is 2. The summed E-state index contributed by atoms with van der Waals surface area (Å²) in [5, 5.41) is 10.3. The Morgan fingerprint density at radius 3 is 1.98 bits per heavy atom. The fourth-order valence-corrected chi connectivity index (χ4v) is 8.42. The summed E-state index contributed by atoms with van der Waals surface area (Å²) in [6.07, 6.45) is 0. The number of rotatable bonds is 2. The summed E-state index contributed by atoms with van der Waals surface area (Å²) >= 11 is 1.90. The summed E-state index contributed by atoms with van der Waals surface area (Å²) in [6, 6.07) is 53.4. The monoisotopic (exact) mass is 564 g/mol. The summed E-state index contributed by atoms with van der Waals surface area (Å²) < 4.78 is 7.60. The molecule has 0 atom stereocenters. The maximum Gasteiger partial charge on any atom is 0.0719 e. The molecule has 7 aromatic carbocycles. The first-order chi connectivity index (χ1) is 21.3. The number of para-hydroxylation sites is 2. The molecule has 0 aliphatic carbocycles. The SMILES string of the molecule is c1ccc(-n2c3ccccc3c3cc4c5ccc6c7ccccc7sc6c5n(-c5ccc6ccccc6c5)c4cc32)cc1. The highest BCUT2D eigenvalue weighted by Gasteiger charge is 2.21. The van der Waals surface area contributed by atoms with E-state index >= 15 is 0 Å². The van der Waals surface area contributed by atoms with Crippen LogP contribution in [0.25, 0.3) is 85.9 Å². The topological polar surface area (TPSA) is 9.86 Å². The Labute approximate surface area is 251 Å². The van der Waals surface area contributed by atoms with E-state index in [4.69, 9.17) is 0 Å². The fourth-order valence-electron chi connectivity index (χ4n) is 7.18. The van der Waals surface area contributed by atoms with Gasteiger partial charge in [-0.15, -0.1) is 11.3 Å². The van der Waals surface area contributed by atoms with Gasteiger partial charge in [-0.1, -0.05) is 97.1 Å². The lowest BCUT2D eigenvalue weighted by Gasteiger charge is -2.11.